The number of hydrogen-bond donors (Lipinski definition) is 1. The molecule has 1 N–H and O–H groups in total. The van der Waals surface area contributed by atoms with Crippen LogP contribution >= 0.6 is 12.2 Å². The van der Waals surface area contributed by atoms with Gasteiger partial charge in [-0.3, -0.25) is 4.98 Å². The molecule has 0 saturated heterocycles. The van der Waals surface area contributed by atoms with Crippen LogP contribution in [0.1, 0.15) is 30.3 Å². The largest absolute Gasteiger partial charge is 0.437 e. The Kier molecular flexibility index (Phi) is 7.87. The van der Waals surface area contributed by atoms with Crippen LogP contribution in [-0.4, -0.2) is 31.6 Å². The first-order valence-corrected chi connectivity index (χ1v) is 11.3. The smallest absolute Gasteiger partial charge is 0.431 e. The van der Waals surface area contributed by atoms with E-state index in [0.717, 1.165) is 11.6 Å². The van der Waals surface area contributed by atoms with Crippen LogP contribution in [0.2, 0.25) is 0 Å². The second-order valence-corrected chi connectivity index (χ2v) is 8.11. The first-order chi connectivity index (χ1) is 17.7. The van der Waals surface area contributed by atoms with Crippen molar-refractivity contribution in [1.82, 2.24) is 20.2 Å². The molecule has 7 nitrogen and oxygen atoms in total. The van der Waals surface area contributed by atoms with E-state index >= 15 is 0 Å². The van der Waals surface area contributed by atoms with Gasteiger partial charge in [-0.25, -0.2) is 9.37 Å². The minimum absolute atomic E-state index is 0.193. The van der Waals surface area contributed by atoms with E-state index < -0.39 is 23.2 Å². The van der Waals surface area contributed by atoms with Gasteiger partial charge in [-0.1, -0.05) is 30.3 Å². The lowest BCUT2D eigenvalue weighted by molar-refractivity contribution is -0.205. The van der Waals surface area contributed by atoms with Gasteiger partial charge in [-0.15, -0.1) is 0 Å². The van der Waals surface area contributed by atoms with E-state index in [-0.39, 0.29) is 28.9 Å². The monoisotopic (exact) mass is 529 g/mol. The van der Waals surface area contributed by atoms with Crippen LogP contribution in [0.15, 0.2) is 79.3 Å². The lowest BCUT2D eigenvalue weighted by Gasteiger charge is -2.21. The van der Waals surface area contributed by atoms with Crippen LogP contribution in [0.3, 0.4) is 0 Å². The van der Waals surface area contributed by atoms with Crippen molar-refractivity contribution in [1.29, 1.82) is 0 Å². The fourth-order valence-corrected chi connectivity index (χ4v) is 3.45. The Morgan fingerprint density at radius 1 is 0.973 bits per heavy atom. The zero-order valence-corrected chi connectivity index (χ0v) is 20.0. The Labute approximate surface area is 214 Å². The average molecular weight is 530 g/mol. The first-order valence-electron chi connectivity index (χ1n) is 10.9. The van der Waals surface area contributed by atoms with Crippen LogP contribution in [-0.2, 0) is 4.74 Å². The topological polar surface area (TPSA) is 82.1 Å². The number of nitrogens with zero attached hydrogens (tertiary/aromatic N) is 4. The lowest BCUT2D eigenvalue weighted by Crippen LogP contribution is -2.28. The van der Waals surface area contributed by atoms with Gasteiger partial charge in [0, 0.05) is 23.8 Å². The fourth-order valence-electron chi connectivity index (χ4n) is 3.26. The number of rotatable bonds is 7. The van der Waals surface area contributed by atoms with Gasteiger partial charge < -0.3 is 14.8 Å². The molecule has 0 bridgehead atoms. The summed E-state index contributed by atoms with van der Waals surface area (Å²) >= 11 is 4.86. The standard InChI is InChI=1S/C25H19F4N5O2S/c1-15(16-7-9-18(26)10-8-16)33-22-14-30-21(13-31-22)17-11-20(34-32-12-17)23(25(27,28)29)36-24(37)35-19-5-3-2-4-6-19/h2-15,23H,1H3,(H,31,33)/t15-,23?/m1/s1. The summed E-state index contributed by atoms with van der Waals surface area (Å²) in [5.74, 6) is 0.308. The second kappa shape index (κ2) is 11.2. The number of thiocarbonyl (C=S) groups is 1. The molecule has 0 aliphatic heterocycles. The number of ether oxygens (including phenoxy) is 2. The normalized spacial score (nSPS) is 12.9. The van der Waals surface area contributed by atoms with Gasteiger partial charge in [0.25, 0.3) is 0 Å². The Morgan fingerprint density at radius 2 is 1.70 bits per heavy atom. The molecule has 1 unspecified atom stereocenters. The molecule has 0 aliphatic rings. The van der Waals surface area contributed by atoms with Crippen molar-refractivity contribution in [2.24, 2.45) is 0 Å². The van der Waals surface area contributed by atoms with Gasteiger partial charge in [-0.2, -0.15) is 23.4 Å². The van der Waals surface area contributed by atoms with Gasteiger partial charge in [-0.05, 0) is 42.8 Å². The molecule has 2 aromatic heterocycles. The summed E-state index contributed by atoms with van der Waals surface area (Å²) < 4.78 is 64.7. The molecule has 0 spiro atoms. The van der Waals surface area contributed by atoms with Crippen molar-refractivity contribution in [2.45, 2.75) is 25.2 Å². The summed E-state index contributed by atoms with van der Waals surface area (Å²) in [6.07, 6.45) is -3.30. The van der Waals surface area contributed by atoms with Gasteiger partial charge >= 0.3 is 11.4 Å². The summed E-state index contributed by atoms with van der Waals surface area (Å²) in [5.41, 5.74) is 0.809. The van der Waals surface area contributed by atoms with E-state index in [1.165, 1.54) is 42.9 Å². The summed E-state index contributed by atoms with van der Waals surface area (Å²) in [6, 6.07) is 15.0. The highest BCUT2D eigenvalue weighted by molar-refractivity contribution is 7.79. The Morgan fingerprint density at radius 3 is 2.35 bits per heavy atom. The highest BCUT2D eigenvalue weighted by atomic mass is 32.1. The Bertz CT molecular complexity index is 1340. The maximum atomic E-state index is 13.8. The van der Waals surface area contributed by atoms with Gasteiger partial charge in [0.05, 0.1) is 24.3 Å². The molecule has 2 aromatic carbocycles. The van der Waals surface area contributed by atoms with Crippen molar-refractivity contribution >= 4 is 23.3 Å². The zero-order chi connectivity index (χ0) is 26.4. The summed E-state index contributed by atoms with van der Waals surface area (Å²) in [7, 11) is 0. The number of para-hydroxylation sites is 1. The van der Waals surface area contributed by atoms with E-state index in [0.29, 0.717) is 5.82 Å². The molecule has 0 amide bonds. The molecular formula is C25H19F4N5O2S. The molecule has 2 atom stereocenters. The summed E-state index contributed by atoms with van der Waals surface area (Å²) in [5, 5.41) is 9.68. The third kappa shape index (κ3) is 6.94. The van der Waals surface area contributed by atoms with Crippen LogP contribution in [0.4, 0.5) is 23.4 Å². The predicted molar refractivity (Wildman–Crippen MR) is 131 cm³/mol. The molecular weight excluding hydrogens is 510 g/mol. The van der Waals surface area contributed by atoms with Gasteiger partial charge in [0.2, 0.25) is 6.10 Å². The van der Waals surface area contributed by atoms with E-state index in [2.05, 4.69) is 25.5 Å². The molecule has 0 saturated carbocycles. The van der Waals surface area contributed by atoms with Crippen molar-refractivity contribution in [3.63, 3.8) is 0 Å². The number of halogens is 4. The van der Waals surface area contributed by atoms with Crippen molar-refractivity contribution in [3.05, 3.63) is 96.3 Å². The number of aromatic nitrogens is 4. The van der Waals surface area contributed by atoms with Crippen molar-refractivity contribution in [3.8, 4) is 17.0 Å². The third-order valence-electron chi connectivity index (χ3n) is 5.08. The highest BCUT2D eigenvalue weighted by Crippen LogP contribution is 2.36. The van der Waals surface area contributed by atoms with Crippen LogP contribution < -0.4 is 10.1 Å². The maximum absolute atomic E-state index is 13.8. The van der Waals surface area contributed by atoms with Gasteiger partial charge in [0.15, 0.2) is 0 Å². The first kappa shape index (κ1) is 25.9. The molecule has 2 heterocycles. The molecule has 0 fully saturated rings. The average Bonchev–Trinajstić information content (AvgIpc) is 2.88. The van der Waals surface area contributed by atoms with Gasteiger partial charge in [0.1, 0.15) is 23.1 Å². The molecule has 37 heavy (non-hydrogen) atoms. The SMILES string of the molecule is C[C@@H](Nc1cnc(-c2cnnc(C(OC(=S)Oc3ccccc3)C(F)(F)F)c2)cn1)c1ccc(F)cc1. The summed E-state index contributed by atoms with van der Waals surface area (Å²) in [4.78, 5) is 8.53. The lowest BCUT2D eigenvalue weighted by atomic mass is 10.1. The van der Waals surface area contributed by atoms with E-state index in [4.69, 9.17) is 21.7 Å². The predicted octanol–water partition coefficient (Wildman–Crippen LogP) is 6.23. The number of benzene rings is 2. The Hall–Kier alpha value is -4.19. The minimum atomic E-state index is -4.85. The molecule has 190 valence electrons. The molecule has 12 heteroatoms. The van der Waals surface area contributed by atoms with E-state index in [1.807, 2.05) is 6.92 Å². The summed E-state index contributed by atoms with van der Waals surface area (Å²) in [6.45, 7) is 1.87. The highest BCUT2D eigenvalue weighted by Gasteiger charge is 2.45. The fraction of sp³-hybridized carbons (Fsp3) is 0.160. The third-order valence-corrected chi connectivity index (χ3v) is 5.26. The molecule has 4 rings (SSSR count). The molecule has 4 aromatic rings. The minimum Gasteiger partial charge on any atom is -0.437 e. The number of nitrogens with one attached hydrogen (secondary N) is 1. The quantitative estimate of drug-likeness (QED) is 0.223. The number of hydrogen-bond acceptors (Lipinski definition) is 8. The molecule has 0 aliphatic carbocycles. The van der Waals surface area contributed by atoms with Crippen molar-refractivity contribution < 1.29 is 27.0 Å². The molecule has 0 radical (unpaired) electrons. The van der Waals surface area contributed by atoms with Crippen molar-refractivity contribution in [2.75, 3.05) is 5.32 Å². The van der Waals surface area contributed by atoms with Crippen LogP contribution in [0.25, 0.3) is 11.3 Å². The second-order valence-electron chi connectivity index (χ2n) is 7.78. The zero-order valence-electron chi connectivity index (χ0n) is 19.2. The Balaban J connectivity index is 1.49. The van der Waals surface area contributed by atoms with Crippen LogP contribution in [0, 0.1) is 5.82 Å². The van der Waals surface area contributed by atoms with Crippen LogP contribution in [0.5, 0.6) is 5.75 Å². The van der Waals surface area contributed by atoms with E-state index in [9.17, 15) is 17.6 Å². The van der Waals surface area contributed by atoms with E-state index in [1.54, 1.807) is 30.3 Å². The number of anilines is 1. The maximum Gasteiger partial charge on any atom is 0.431 e. The number of alkyl halides is 3.